The van der Waals surface area contributed by atoms with Gasteiger partial charge >= 0.3 is 0 Å². The number of benzene rings is 1. The van der Waals surface area contributed by atoms with Gasteiger partial charge in [0.2, 0.25) is 0 Å². The van der Waals surface area contributed by atoms with Crippen LogP contribution in [0.5, 0.6) is 0 Å². The van der Waals surface area contributed by atoms with Crippen molar-refractivity contribution in [3.05, 3.63) is 28.9 Å². The van der Waals surface area contributed by atoms with Gasteiger partial charge in [-0.2, -0.15) is 5.10 Å². The minimum Gasteiger partial charge on any atom is -0.316 e. The van der Waals surface area contributed by atoms with Crippen molar-refractivity contribution < 1.29 is 0 Å². The van der Waals surface area contributed by atoms with Crippen LogP contribution < -0.4 is 5.32 Å². The number of fused-ring (bicyclic) bond motifs is 1. The normalized spacial score (nSPS) is 11.1. The number of hydrogen-bond donors (Lipinski definition) is 1. The first-order valence-electron chi connectivity index (χ1n) is 5.06. The van der Waals surface area contributed by atoms with E-state index in [9.17, 15) is 0 Å². The zero-order chi connectivity index (χ0) is 10.8. The first-order valence-corrected chi connectivity index (χ1v) is 5.44. The van der Waals surface area contributed by atoms with Gasteiger partial charge in [0.05, 0.1) is 5.52 Å². The smallest absolute Gasteiger partial charge is 0.134 e. The van der Waals surface area contributed by atoms with Gasteiger partial charge in [-0.25, -0.2) is 0 Å². The fraction of sp³-hybridized carbons (Fsp3) is 0.364. The maximum Gasteiger partial charge on any atom is 0.134 e. The summed E-state index contributed by atoms with van der Waals surface area (Å²) >= 11 is 6.21. The Kier molecular flexibility index (Phi) is 2.93. The molecule has 0 aliphatic carbocycles. The van der Waals surface area contributed by atoms with Gasteiger partial charge in [-0.1, -0.05) is 23.7 Å². The molecule has 1 aromatic heterocycles. The lowest BCUT2D eigenvalue weighted by molar-refractivity contribution is 0.667. The van der Waals surface area contributed by atoms with Crippen LogP contribution in [-0.4, -0.2) is 16.8 Å². The van der Waals surface area contributed by atoms with Crippen molar-refractivity contribution in [2.75, 3.05) is 7.05 Å². The van der Waals surface area contributed by atoms with E-state index in [0.717, 1.165) is 29.1 Å². The molecular weight excluding hydrogens is 210 g/mol. The fourth-order valence-corrected chi connectivity index (χ4v) is 2.03. The first kappa shape index (κ1) is 10.5. The molecule has 0 spiro atoms. The molecule has 3 nitrogen and oxygen atoms in total. The summed E-state index contributed by atoms with van der Waals surface area (Å²) in [5.41, 5.74) is 2.18. The Morgan fingerprint density at radius 1 is 1.47 bits per heavy atom. The van der Waals surface area contributed by atoms with Crippen LogP contribution in [0.1, 0.15) is 12.5 Å². The molecule has 0 amide bonds. The standard InChI is InChI=1S/C11H14ClN3/c1-3-15-11(12)9-6-4-5-8(7-13-2)10(9)14-15/h4-6,13H,3,7H2,1-2H3. The largest absolute Gasteiger partial charge is 0.316 e. The van der Waals surface area contributed by atoms with Crippen LogP contribution >= 0.6 is 11.6 Å². The van der Waals surface area contributed by atoms with E-state index < -0.39 is 0 Å². The van der Waals surface area contributed by atoms with Crippen LogP contribution in [0, 0.1) is 0 Å². The molecule has 0 fully saturated rings. The predicted octanol–water partition coefficient (Wildman–Crippen LogP) is 2.43. The van der Waals surface area contributed by atoms with Crippen LogP contribution in [0.15, 0.2) is 18.2 Å². The Morgan fingerprint density at radius 3 is 2.93 bits per heavy atom. The lowest BCUT2D eigenvalue weighted by Gasteiger charge is -1.99. The van der Waals surface area contributed by atoms with Crippen molar-refractivity contribution in [3.8, 4) is 0 Å². The van der Waals surface area contributed by atoms with Crippen LogP contribution in [0.4, 0.5) is 0 Å². The zero-order valence-electron chi connectivity index (χ0n) is 8.92. The molecule has 15 heavy (non-hydrogen) atoms. The van der Waals surface area contributed by atoms with E-state index in [4.69, 9.17) is 11.6 Å². The van der Waals surface area contributed by atoms with Gasteiger partial charge in [0.25, 0.3) is 0 Å². The Bertz CT molecular complexity index is 476. The lowest BCUT2D eigenvalue weighted by Crippen LogP contribution is -2.05. The van der Waals surface area contributed by atoms with Crippen LogP contribution in [0.3, 0.4) is 0 Å². The van der Waals surface area contributed by atoms with E-state index in [0.29, 0.717) is 0 Å². The highest BCUT2D eigenvalue weighted by molar-refractivity contribution is 6.34. The third-order valence-corrected chi connectivity index (χ3v) is 2.85. The topological polar surface area (TPSA) is 29.9 Å². The van der Waals surface area contributed by atoms with Gasteiger partial charge in [-0.05, 0) is 25.6 Å². The Labute approximate surface area is 94.0 Å². The predicted molar refractivity (Wildman–Crippen MR) is 63.2 cm³/mol. The number of aromatic nitrogens is 2. The zero-order valence-corrected chi connectivity index (χ0v) is 9.67. The highest BCUT2D eigenvalue weighted by Gasteiger charge is 2.10. The molecule has 0 aliphatic rings. The monoisotopic (exact) mass is 223 g/mol. The van der Waals surface area contributed by atoms with Gasteiger partial charge in [-0.15, -0.1) is 0 Å². The minimum absolute atomic E-state index is 0.727. The SMILES string of the molecule is CCn1nc2c(CNC)cccc2c1Cl. The second kappa shape index (κ2) is 4.21. The molecule has 0 radical (unpaired) electrons. The van der Waals surface area contributed by atoms with Crippen molar-refractivity contribution >= 4 is 22.5 Å². The molecule has 0 aliphatic heterocycles. The van der Waals surface area contributed by atoms with Crippen molar-refractivity contribution in [1.82, 2.24) is 15.1 Å². The maximum absolute atomic E-state index is 6.21. The first-order chi connectivity index (χ1) is 7.27. The average molecular weight is 224 g/mol. The van der Waals surface area contributed by atoms with Gasteiger partial charge in [0.15, 0.2) is 0 Å². The number of nitrogens with zero attached hydrogens (tertiary/aromatic N) is 2. The number of hydrogen-bond acceptors (Lipinski definition) is 2. The van der Waals surface area contributed by atoms with Crippen LogP contribution in [0.2, 0.25) is 5.15 Å². The van der Waals surface area contributed by atoms with E-state index in [1.165, 1.54) is 5.56 Å². The van der Waals surface area contributed by atoms with Crippen molar-refractivity contribution in [1.29, 1.82) is 0 Å². The third-order valence-electron chi connectivity index (χ3n) is 2.46. The van der Waals surface area contributed by atoms with Gasteiger partial charge in [0.1, 0.15) is 5.15 Å². The second-order valence-electron chi connectivity index (χ2n) is 3.45. The highest BCUT2D eigenvalue weighted by atomic mass is 35.5. The molecule has 80 valence electrons. The molecule has 0 saturated carbocycles. The summed E-state index contributed by atoms with van der Waals surface area (Å²) < 4.78 is 1.82. The van der Waals surface area contributed by atoms with E-state index in [1.807, 2.05) is 30.8 Å². The van der Waals surface area contributed by atoms with Crippen LogP contribution in [-0.2, 0) is 13.1 Å². The van der Waals surface area contributed by atoms with E-state index in [-0.39, 0.29) is 0 Å². The Morgan fingerprint density at radius 2 is 2.27 bits per heavy atom. The lowest BCUT2D eigenvalue weighted by atomic mass is 10.1. The van der Waals surface area contributed by atoms with E-state index in [2.05, 4.69) is 16.5 Å². The summed E-state index contributed by atoms with van der Waals surface area (Å²) in [6.45, 7) is 3.65. The van der Waals surface area contributed by atoms with Gasteiger partial charge < -0.3 is 5.32 Å². The highest BCUT2D eigenvalue weighted by Crippen LogP contribution is 2.25. The molecule has 2 rings (SSSR count). The quantitative estimate of drug-likeness (QED) is 0.866. The third kappa shape index (κ3) is 1.73. The molecule has 1 aromatic carbocycles. The average Bonchev–Trinajstić information content (AvgIpc) is 2.58. The van der Waals surface area contributed by atoms with Crippen molar-refractivity contribution in [2.45, 2.75) is 20.0 Å². The number of aryl methyl sites for hydroxylation is 1. The molecular formula is C11H14ClN3. The molecule has 0 bridgehead atoms. The summed E-state index contributed by atoms with van der Waals surface area (Å²) in [5, 5.41) is 9.39. The summed E-state index contributed by atoms with van der Waals surface area (Å²) in [6, 6.07) is 6.10. The maximum atomic E-state index is 6.21. The summed E-state index contributed by atoms with van der Waals surface area (Å²) in [4.78, 5) is 0. The number of halogens is 1. The Balaban J connectivity index is 2.65. The molecule has 1 heterocycles. The summed E-state index contributed by atoms with van der Waals surface area (Å²) in [6.07, 6.45) is 0. The van der Waals surface area contributed by atoms with E-state index >= 15 is 0 Å². The minimum atomic E-state index is 0.727. The van der Waals surface area contributed by atoms with Crippen molar-refractivity contribution in [2.24, 2.45) is 0 Å². The number of rotatable bonds is 3. The van der Waals surface area contributed by atoms with Crippen molar-refractivity contribution in [3.63, 3.8) is 0 Å². The summed E-state index contributed by atoms with van der Waals surface area (Å²) in [5.74, 6) is 0. The van der Waals surface area contributed by atoms with E-state index in [1.54, 1.807) is 0 Å². The molecule has 2 aromatic rings. The Hall–Kier alpha value is -1.06. The second-order valence-corrected chi connectivity index (χ2v) is 3.81. The van der Waals surface area contributed by atoms with Crippen LogP contribution in [0.25, 0.3) is 10.9 Å². The fourth-order valence-electron chi connectivity index (χ4n) is 1.72. The summed E-state index contributed by atoms with van der Waals surface area (Å²) in [7, 11) is 1.93. The molecule has 0 saturated heterocycles. The molecule has 0 atom stereocenters. The molecule has 1 N–H and O–H groups in total. The molecule has 4 heteroatoms. The van der Waals surface area contributed by atoms with Gasteiger partial charge in [-0.3, -0.25) is 4.68 Å². The van der Waals surface area contributed by atoms with Gasteiger partial charge in [0, 0.05) is 18.5 Å². The molecule has 0 unspecified atom stereocenters. The number of nitrogens with one attached hydrogen (secondary N) is 1.